The summed E-state index contributed by atoms with van der Waals surface area (Å²) < 4.78 is 13.4. The number of imidazole rings is 1. The molecule has 0 saturated heterocycles. The zero-order valence-electron chi connectivity index (χ0n) is 53.6. The van der Waals surface area contributed by atoms with Crippen molar-refractivity contribution in [2.45, 2.75) is 110 Å². The first-order chi connectivity index (χ1) is 43.1. The second kappa shape index (κ2) is 21.8. The molecule has 2 aliphatic rings. The van der Waals surface area contributed by atoms with E-state index in [9.17, 15) is 0 Å². The number of ether oxygens (including phenoxy) is 1. The molecule has 0 amide bonds. The van der Waals surface area contributed by atoms with Crippen LogP contribution in [0.4, 0.5) is 34.3 Å². The van der Waals surface area contributed by atoms with E-state index in [-0.39, 0.29) is 21.7 Å². The number of fused-ring (bicyclic) bond motifs is 9. The maximum absolute atomic E-state index is 7.51. The summed E-state index contributed by atoms with van der Waals surface area (Å²) in [6.07, 6.45) is 1.98. The summed E-state index contributed by atoms with van der Waals surface area (Å²) in [6, 6.07) is 89.7. The third kappa shape index (κ3) is 9.90. The number of pyridine rings is 1. The molecule has 0 fully saturated rings. The SMILES string of the molecule is CC(C)(C)c1cc(Oc2ccc3c(c2)N(c2cc(C(C)(C)C)ccn2)c2ccccc2C32c3ccc(C(C)(C)C)cc3N(c3ccccc3)c3cc(C(C)(C)C)ccc32)cc(-n2[c](=[Pt])n(-c3c(-c4ccccc4)cccc3-c3ccccc3)c3ccccc32)c1. The molecule has 0 atom stereocenters. The van der Waals surface area contributed by atoms with E-state index in [1.54, 1.807) is 0 Å². The molecule has 0 N–H and O–H groups in total. The molecule has 7 heteroatoms. The summed E-state index contributed by atoms with van der Waals surface area (Å²) in [5.41, 5.74) is 22.7. The monoisotopic (exact) mass is 1350 g/mol. The van der Waals surface area contributed by atoms with Gasteiger partial charge in [-0.1, -0.05) is 123 Å². The molecule has 10 aromatic carbocycles. The number of nitrogens with zero attached hydrogens (tertiary/aromatic N) is 5. The van der Waals surface area contributed by atoms with Crippen LogP contribution in [-0.4, -0.2) is 14.1 Å². The Kier molecular flexibility index (Phi) is 14.2. The Balaban J connectivity index is 1.01. The van der Waals surface area contributed by atoms with Gasteiger partial charge in [0.1, 0.15) is 0 Å². The van der Waals surface area contributed by atoms with Gasteiger partial charge in [0.05, 0.1) is 11.4 Å². The molecule has 0 bridgehead atoms. The maximum atomic E-state index is 7.51. The van der Waals surface area contributed by atoms with Crippen molar-refractivity contribution in [3.63, 3.8) is 0 Å². The number of benzene rings is 10. The zero-order chi connectivity index (χ0) is 62.6. The van der Waals surface area contributed by atoms with Gasteiger partial charge in [-0.05, 0) is 63.3 Å². The van der Waals surface area contributed by atoms with E-state index in [2.05, 4.69) is 364 Å². The van der Waals surface area contributed by atoms with Gasteiger partial charge in [-0.25, -0.2) is 0 Å². The Morgan fingerprint density at radius 3 is 1.40 bits per heavy atom. The Morgan fingerprint density at radius 1 is 0.356 bits per heavy atom. The number of aromatic nitrogens is 3. The van der Waals surface area contributed by atoms with Crippen LogP contribution < -0.4 is 14.5 Å². The van der Waals surface area contributed by atoms with Crippen LogP contribution in [0.5, 0.6) is 11.5 Å². The molecular formula is C83H77N5OPt. The first kappa shape index (κ1) is 58.6. The molecule has 0 aliphatic carbocycles. The summed E-state index contributed by atoms with van der Waals surface area (Å²) in [6.45, 7) is 27.6. The minimum atomic E-state index is -0.800. The summed E-state index contributed by atoms with van der Waals surface area (Å²) in [4.78, 5) is 10.2. The van der Waals surface area contributed by atoms with Crippen LogP contribution in [0.3, 0.4) is 0 Å². The molecule has 2 aliphatic heterocycles. The quantitative estimate of drug-likeness (QED) is 0.152. The van der Waals surface area contributed by atoms with Crippen molar-refractivity contribution in [1.82, 2.24) is 14.1 Å². The van der Waals surface area contributed by atoms with Crippen molar-refractivity contribution in [3.05, 3.63) is 297 Å². The third-order valence-electron chi connectivity index (χ3n) is 18.4. The first-order valence-electron chi connectivity index (χ1n) is 31.5. The first-order valence-corrected chi connectivity index (χ1v) is 32.6. The molecule has 90 heavy (non-hydrogen) atoms. The summed E-state index contributed by atoms with van der Waals surface area (Å²) in [5, 5.41) is 0. The fourth-order valence-electron chi connectivity index (χ4n) is 13.7. The van der Waals surface area contributed by atoms with Crippen molar-refractivity contribution in [2.24, 2.45) is 0 Å². The van der Waals surface area contributed by atoms with E-state index >= 15 is 0 Å². The summed E-state index contributed by atoms with van der Waals surface area (Å²) >= 11 is 2.56. The van der Waals surface area contributed by atoms with Crippen LogP contribution in [-0.2, 0) is 46.4 Å². The molecule has 450 valence electrons. The number of anilines is 6. The van der Waals surface area contributed by atoms with Gasteiger partial charge < -0.3 is 4.90 Å². The van der Waals surface area contributed by atoms with E-state index in [1.807, 2.05) is 6.20 Å². The van der Waals surface area contributed by atoms with Crippen LogP contribution in [0.15, 0.2) is 249 Å². The molecule has 4 heterocycles. The molecular weight excluding hydrogens is 1280 g/mol. The van der Waals surface area contributed by atoms with E-state index in [4.69, 9.17) is 9.72 Å². The Morgan fingerprint density at radius 2 is 0.833 bits per heavy atom. The van der Waals surface area contributed by atoms with E-state index in [1.165, 1.54) is 33.4 Å². The molecule has 12 aromatic rings. The molecule has 0 radical (unpaired) electrons. The van der Waals surface area contributed by atoms with Gasteiger partial charge in [-0.3, -0.25) is 0 Å². The summed E-state index contributed by atoms with van der Waals surface area (Å²) in [5.74, 6) is 2.31. The predicted molar refractivity (Wildman–Crippen MR) is 371 cm³/mol. The van der Waals surface area contributed by atoms with Crippen molar-refractivity contribution < 1.29 is 24.1 Å². The van der Waals surface area contributed by atoms with Crippen LogP contribution >= 0.6 is 0 Å². The normalized spacial score (nSPS) is 13.7. The average molecular weight is 1360 g/mol. The van der Waals surface area contributed by atoms with Crippen LogP contribution in [0, 0.1) is 3.80 Å². The second-order valence-electron chi connectivity index (χ2n) is 28.5. The third-order valence-corrected chi connectivity index (χ3v) is 19.4. The predicted octanol–water partition coefficient (Wildman–Crippen LogP) is 22.2. The number of hydrogen-bond acceptors (Lipinski definition) is 4. The van der Waals surface area contributed by atoms with E-state index < -0.39 is 5.41 Å². The fourth-order valence-corrected chi connectivity index (χ4v) is 14.8. The average Bonchev–Trinajstić information content (AvgIpc) is 0.801. The van der Waals surface area contributed by atoms with Crippen LogP contribution in [0.2, 0.25) is 0 Å². The zero-order valence-corrected chi connectivity index (χ0v) is 55.9. The van der Waals surface area contributed by atoms with Gasteiger partial charge in [0.15, 0.2) is 0 Å². The fraction of sp³-hybridized carbons (Fsp3) is 0.205. The van der Waals surface area contributed by atoms with Gasteiger partial charge in [0, 0.05) is 11.9 Å². The van der Waals surface area contributed by atoms with Crippen LogP contribution in [0.25, 0.3) is 44.7 Å². The number of hydrogen-bond donors (Lipinski definition) is 0. The molecule has 14 rings (SSSR count). The van der Waals surface area contributed by atoms with Crippen molar-refractivity contribution in [2.75, 3.05) is 9.80 Å². The molecule has 2 aromatic heterocycles. The van der Waals surface area contributed by atoms with Gasteiger partial charge in [0.25, 0.3) is 0 Å². The molecule has 6 nitrogen and oxygen atoms in total. The molecule has 1 spiro atoms. The standard InChI is InChI=1S/C83H77N5O.Pt/c1-79(2,3)57-39-42-68-74(49-57)87(61-31-20-15-21-32-61)75-50-58(80(4,5)6)40-43-69(75)83(68)67-35-22-23-36-71(67)88(77-51-59(45-46-84-77)81(7,8)9)76-53-63(41-44-70(76)83)89-64-48-60(82(10,11)12)47-62(52-64)85-54-86(73-38-25-24-37-72(73)85)78-65(55-27-16-13-17-28-55)33-26-34-66(78)56-29-18-14-19-30-56;/h13-53H,1-12H3;. The summed E-state index contributed by atoms with van der Waals surface area (Å²) in [7, 11) is 0. The number of rotatable bonds is 8. The second-order valence-corrected chi connectivity index (χ2v) is 29.5. The molecule has 0 unspecified atom stereocenters. The van der Waals surface area contributed by atoms with Gasteiger partial charge >= 0.3 is 331 Å². The van der Waals surface area contributed by atoms with E-state index in [0.29, 0.717) is 0 Å². The number of para-hydroxylation sites is 5. The van der Waals surface area contributed by atoms with Crippen molar-refractivity contribution in [1.29, 1.82) is 0 Å². The van der Waals surface area contributed by atoms with Gasteiger partial charge in [-0.15, -0.1) is 0 Å². The van der Waals surface area contributed by atoms with Crippen molar-refractivity contribution in [3.8, 4) is 45.1 Å². The van der Waals surface area contributed by atoms with Gasteiger partial charge in [-0.2, -0.15) is 0 Å². The van der Waals surface area contributed by atoms with Crippen molar-refractivity contribution >= 4 is 45.3 Å². The topological polar surface area (TPSA) is 38.5 Å². The van der Waals surface area contributed by atoms with Crippen LogP contribution in [0.1, 0.15) is 128 Å². The van der Waals surface area contributed by atoms with E-state index in [0.717, 1.165) is 105 Å². The Labute approximate surface area is 542 Å². The Hall–Kier alpha value is -9.09. The van der Waals surface area contributed by atoms with Gasteiger partial charge in [0.2, 0.25) is 0 Å². The Bertz CT molecular complexity index is 4690. The molecule has 0 saturated carbocycles. The minimum absolute atomic E-state index is 0.120.